The SMILES string of the molecule is CC1=NN(c2ccc(C)cc2)N2C[C@@H]3C(=O)N(C(C)(C)C)C(=O)[C@@H]3[C@@]12C. The van der Waals surface area contributed by atoms with Gasteiger partial charge in [0.1, 0.15) is 0 Å². The van der Waals surface area contributed by atoms with Gasteiger partial charge in [0.25, 0.3) is 0 Å². The van der Waals surface area contributed by atoms with Gasteiger partial charge in [-0.05, 0) is 53.7 Å². The smallest absolute Gasteiger partial charge is 0.235 e. The number of aryl methyl sites for hydroxylation is 1. The topological polar surface area (TPSA) is 56.2 Å². The van der Waals surface area contributed by atoms with E-state index >= 15 is 0 Å². The Kier molecular flexibility index (Phi) is 3.42. The number of hydrazine groups is 1. The number of hydrogen-bond acceptors (Lipinski definition) is 5. The molecule has 1 aromatic carbocycles. The van der Waals surface area contributed by atoms with Gasteiger partial charge in [-0.2, -0.15) is 15.2 Å². The van der Waals surface area contributed by atoms with Crippen LogP contribution in [0.25, 0.3) is 0 Å². The van der Waals surface area contributed by atoms with Crippen LogP contribution in [-0.4, -0.2) is 45.1 Å². The van der Waals surface area contributed by atoms with Gasteiger partial charge in [-0.15, -0.1) is 0 Å². The van der Waals surface area contributed by atoms with Crippen molar-refractivity contribution < 1.29 is 9.59 Å². The molecule has 0 bridgehead atoms. The molecule has 0 aromatic heterocycles. The van der Waals surface area contributed by atoms with Crippen LogP contribution in [0.15, 0.2) is 29.4 Å². The largest absolute Gasteiger partial charge is 0.277 e. The standard InChI is InChI=1S/C20H26N4O2/c1-12-7-9-14(10-8-12)24-21-13(2)20(6)16-15(11-22(20)24)17(25)23(18(16)26)19(3,4)5/h7-10,15-16H,11H2,1-6H3/t15-,16+,20+/m0/s1. The summed E-state index contributed by atoms with van der Waals surface area (Å²) in [6, 6.07) is 8.14. The molecule has 2 amide bonds. The molecule has 2 fully saturated rings. The van der Waals surface area contributed by atoms with Crippen LogP contribution in [0, 0.1) is 18.8 Å². The number of carbonyl (C=O) groups excluding carboxylic acids is 2. The monoisotopic (exact) mass is 354 g/mol. The second-order valence-electron chi connectivity index (χ2n) is 8.81. The number of nitrogens with zero attached hydrogens (tertiary/aromatic N) is 4. The molecule has 3 atom stereocenters. The van der Waals surface area contributed by atoms with Crippen molar-refractivity contribution in [1.29, 1.82) is 0 Å². The van der Waals surface area contributed by atoms with Crippen LogP contribution in [-0.2, 0) is 9.59 Å². The highest BCUT2D eigenvalue weighted by molar-refractivity contribution is 6.11. The van der Waals surface area contributed by atoms with Crippen molar-refractivity contribution in [2.75, 3.05) is 11.7 Å². The lowest BCUT2D eigenvalue weighted by Gasteiger charge is -2.38. The Bertz CT molecular complexity index is 823. The molecule has 1 aromatic rings. The highest BCUT2D eigenvalue weighted by Gasteiger charge is 2.68. The Morgan fingerprint density at radius 1 is 1.08 bits per heavy atom. The number of hydrogen-bond donors (Lipinski definition) is 0. The molecule has 3 aliphatic rings. The predicted molar refractivity (Wildman–Crippen MR) is 100 cm³/mol. The minimum absolute atomic E-state index is 0.0558. The van der Waals surface area contributed by atoms with Crippen LogP contribution in [0.3, 0.4) is 0 Å². The number of rotatable bonds is 1. The highest BCUT2D eigenvalue weighted by atomic mass is 16.2. The number of hydrazone groups is 1. The number of anilines is 1. The molecule has 0 unspecified atom stereocenters. The van der Waals surface area contributed by atoms with Crippen molar-refractivity contribution in [1.82, 2.24) is 9.91 Å². The number of amides is 2. The predicted octanol–water partition coefficient (Wildman–Crippen LogP) is 2.58. The van der Waals surface area contributed by atoms with Gasteiger partial charge >= 0.3 is 0 Å². The van der Waals surface area contributed by atoms with E-state index in [2.05, 4.69) is 5.01 Å². The zero-order chi connectivity index (χ0) is 19.0. The van der Waals surface area contributed by atoms with Crippen molar-refractivity contribution in [3.05, 3.63) is 29.8 Å². The minimum Gasteiger partial charge on any atom is -0.277 e. The summed E-state index contributed by atoms with van der Waals surface area (Å²) in [5.74, 6) is -0.823. The van der Waals surface area contributed by atoms with E-state index in [0.29, 0.717) is 6.54 Å². The molecular formula is C20H26N4O2. The summed E-state index contributed by atoms with van der Waals surface area (Å²) in [4.78, 5) is 27.7. The zero-order valence-corrected chi connectivity index (χ0v) is 16.3. The molecule has 2 saturated heterocycles. The Morgan fingerprint density at radius 3 is 2.27 bits per heavy atom. The van der Waals surface area contributed by atoms with Crippen LogP contribution >= 0.6 is 0 Å². The fourth-order valence-electron chi connectivity index (χ4n) is 4.60. The number of imide groups is 1. The summed E-state index contributed by atoms with van der Waals surface area (Å²) in [5, 5.41) is 8.71. The lowest BCUT2D eigenvalue weighted by molar-refractivity contribution is -0.146. The third-order valence-corrected chi connectivity index (χ3v) is 6.08. The van der Waals surface area contributed by atoms with E-state index < -0.39 is 11.1 Å². The molecule has 0 radical (unpaired) electrons. The quantitative estimate of drug-likeness (QED) is 0.728. The minimum atomic E-state index is -0.567. The highest BCUT2D eigenvalue weighted by Crippen LogP contribution is 2.50. The Balaban J connectivity index is 1.74. The fraction of sp³-hybridized carbons (Fsp3) is 0.550. The number of carbonyl (C=O) groups is 2. The first kappa shape index (κ1) is 17.2. The molecule has 0 saturated carbocycles. The van der Waals surface area contributed by atoms with E-state index in [9.17, 15) is 9.59 Å². The van der Waals surface area contributed by atoms with Crippen LogP contribution in [0.4, 0.5) is 5.69 Å². The number of fused-ring (bicyclic) bond motifs is 3. The van der Waals surface area contributed by atoms with Gasteiger partial charge in [0.05, 0.1) is 28.8 Å². The van der Waals surface area contributed by atoms with Gasteiger partial charge in [-0.1, -0.05) is 17.7 Å². The number of likely N-dealkylation sites (tertiary alicyclic amines) is 1. The van der Waals surface area contributed by atoms with Crippen LogP contribution in [0.1, 0.15) is 40.2 Å². The number of benzene rings is 1. The van der Waals surface area contributed by atoms with Crippen LogP contribution in [0.2, 0.25) is 0 Å². The molecule has 6 heteroatoms. The molecular weight excluding hydrogens is 328 g/mol. The maximum absolute atomic E-state index is 13.2. The Morgan fingerprint density at radius 2 is 1.69 bits per heavy atom. The maximum atomic E-state index is 13.2. The second kappa shape index (κ2) is 5.16. The van der Waals surface area contributed by atoms with E-state index in [-0.39, 0.29) is 23.7 Å². The first-order valence-corrected chi connectivity index (χ1v) is 9.15. The van der Waals surface area contributed by atoms with Crippen molar-refractivity contribution in [3.63, 3.8) is 0 Å². The maximum Gasteiger partial charge on any atom is 0.235 e. The molecule has 0 aliphatic carbocycles. The molecule has 0 N–H and O–H groups in total. The van der Waals surface area contributed by atoms with Gasteiger partial charge in [0, 0.05) is 12.1 Å². The fourth-order valence-corrected chi connectivity index (χ4v) is 4.60. The average Bonchev–Trinajstić information content (AvgIpc) is 3.08. The molecule has 4 rings (SSSR count). The van der Waals surface area contributed by atoms with Crippen molar-refractivity contribution >= 4 is 23.2 Å². The summed E-state index contributed by atoms with van der Waals surface area (Å²) in [6.45, 7) is 12.3. The Labute approximate surface area is 154 Å². The summed E-state index contributed by atoms with van der Waals surface area (Å²) < 4.78 is 0. The lowest BCUT2D eigenvalue weighted by atomic mass is 9.80. The molecule has 138 valence electrons. The van der Waals surface area contributed by atoms with E-state index in [1.54, 1.807) is 0 Å². The zero-order valence-electron chi connectivity index (χ0n) is 16.3. The second-order valence-corrected chi connectivity index (χ2v) is 8.81. The van der Waals surface area contributed by atoms with Gasteiger partial charge in [-0.25, -0.2) is 0 Å². The average molecular weight is 354 g/mol. The van der Waals surface area contributed by atoms with E-state index in [1.165, 1.54) is 10.5 Å². The van der Waals surface area contributed by atoms with Crippen molar-refractivity contribution in [2.45, 2.75) is 52.6 Å². The third kappa shape index (κ3) is 2.05. The van der Waals surface area contributed by atoms with E-state index in [4.69, 9.17) is 5.10 Å². The molecule has 0 spiro atoms. The summed E-state index contributed by atoms with van der Waals surface area (Å²) in [7, 11) is 0. The van der Waals surface area contributed by atoms with Crippen molar-refractivity contribution in [3.8, 4) is 0 Å². The molecule has 3 heterocycles. The van der Waals surface area contributed by atoms with Gasteiger partial charge < -0.3 is 0 Å². The van der Waals surface area contributed by atoms with Crippen molar-refractivity contribution in [2.24, 2.45) is 16.9 Å². The first-order chi connectivity index (χ1) is 12.1. The van der Waals surface area contributed by atoms with Gasteiger partial charge in [-0.3, -0.25) is 14.5 Å². The molecule has 6 nitrogen and oxygen atoms in total. The summed E-state index contributed by atoms with van der Waals surface area (Å²) in [6.07, 6.45) is 0. The lowest BCUT2D eigenvalue weighted by Crippen LogP contribution is -2.56. The Hall–Kier alpha value is -2.21. The molecule has 26 heavy (non-hydrogen) atoms. The van der Waals surface area contributed by atoms with Gasteiger partial charge in [0.2, 0.25) is 11.8 Å². The summed E-state index contributed by atoms with van der Waals surface area (Å²) in [5.41, 5.74) is 1.94. The van der Waals surface area contributed by atoms with E-state index in [1.807, 2.05) is 70.9 Å². The molecule has 3 aliphatic heterocycles. The first-order valence-electron chi connectivity index (χ1n) is 9.15. The van der Waals surface area contributed by atoms with E-state index in [0.717, 1.165) is 11.4 Å². The van der Waals surface area contributed by atoms with Crippen LogP contribution < -0.4 is 5.12 Å². The van der Waals surface area contributed by atoms with Gasteiger partial charge in [0.15, 0.2) is 0 Å². The summed E-state index contributed by atoms with van der Waals surface area (Å²) >= 11 is 0. The van der Waals surface area contributed by atoms with Crippen LogP contribution in [0.5, 0.6) is 0 Å². The normalized spacial score (nSPS) is 31.5. The third-order valence-electron chi connectivity index (χ3n) is 6.08.